The lowest BCUT2D eigenvalue weighted by molar-refractivity contribution is -0.119. The van der Waals surface area contributed by atoms with E-state index >= 15 is 4.39 Å². The molecule has 3 aromatic rings. The smallest absolute Gasteiger partial charge is 0.235 e. The molecule has 1 fully saturated rings. The number of nitrogens with one attached hydrogen (secondary N) is 2. The van der Waals surface area contributed by atoms with E-state index in [9.17, 15) is 4.79 Å². The lowest BCUT2D eigenvalue weighted by Gasteiger charge is -2.25. The summed E-state index contributed by atoms with van der Waals surface area (Å²) < 4.78 is 22.0. The van der Waals surface area contributed by atoms with E-state index in [1.54, 1.807) is 23.7 Å². The number of hydrogen-bond donors (Lipinski definition) is 2. The van der Waals surface area contributed by atoms with Crippen molar-refractivity contribution >= 4 is 17.5 Å². The van der Waals surface area contributed by atoms with Crippen LogP contribution in [0.25, 0.3) is 22.9 Å². The van der Waals surface area contributed by atoms with Crippen molar-refractivity contribution in [3.63, 3.8) is 0 Å². The maximum atomic E-state index is 15.2. The number of amides is 1. The van der Waals surface area contributed by atoms with Gasteiger partial charge in [-0.2, -0.15) is 5.10 Å². The second kappa shape index (κ2) is 8.11. The Kier molecular flexibility index (Phi) is 5.10. The van der Waals surface area contributed by atoms with Gasteiger partial charge < -0.3 is 15.2 Å². The molecule has 186 valence electrons. The highest BCUT2D eigenvalue weighted by Gasteiger charge is 2.43. The van der Waals surface area contributed by atoms with Gasteiger partial charge in [-0.1, -0.05) is 23.4 Å². The van der Waals surface area contributed by atoms with Crippen LogP contribution in [0.4, 0.5) is 16.0 Å². The lowest BCUT2D eigenvalue weighted by Crippen LogP contribution is -2.28. The number of fused-ring (bicyclic) bond motifs is 1. The Labute approximate surface area is 207 Å². The fraction of sp³-hybridized carbons (Fsp3) is 0.423. The fourth-order valence-corrected chi connectivity index (χ4v) is 4.68. The zero-order valence-electron chi connectivity index (χ0n) is 20.5. The Morgan fingerprint density at radius 3 is 2.81 bits per heavy atom. The number of nitrogens with zero attached hydrogens (tertiary/aromatic N) is 5. The molecule has 0 aromatic carbocycles. The summed E-state index contributed by atoms with van der Waals surface area (Å²) >= 11 is 0. The van der Waals surface area contributed by atoms with Crippen LogP contribution in [-0.2, 0) is 16.8 Å². The highest BCUT2D eigenvalue weighted by molar-refractivity contribution is 6.06. The van der Waals surface area contributed by atoms with Gasteiger partial charge in [0.1, 0.15) is 35.0 Å². The van der Waals surface area contributed by atoms with Gasteiger partial charge in [-0.3, -0.25) is 9.48 Å². The molecule has 0 spiro atoms. The second-order valence-corrected chi connectivity index (χ2v) is 10.5. The van der Waals surface area contributed by atoms with Crippen LogP contribution >= 0.6 is 0 Å². The molecular weight excluding hydrogens is 461 g/mol. The Bertz CT molecular complexity index is 1400. The highest BCUT2D eigenvalue weighted by atomic mass is 19.1. The molecule has 36 heavy (non-hydrogen) atoms. The van der Waals surface area contributed by atoms with Gasteiger partial charge in [0.2, 0.25) is 5.91 Å². The zero-order valence-corrected chi connectivity index (χ0v) is 20.5. The van der Waals surface area contributed by atoms with E-state index in [1.807, 2.05) is 32.1 Å². The van der Waals surface area contributed by atoms with Crippen molar-refractivity contribution in [1.82, 2.24) is 24.9 Å². The molecule has 6 rings (SSSR count). The molecule has 3 aromatic heterocycles. The third-order valence-electron chi connectivity index (χ3n) is 7.22. The third kappa shape index (κ3) is 3.90. The van der Waals surface area contributed by atoms with Crippen LogP contribution in [0.1, 0.15) is 45.6 Å². The van der Waals surface area contributed by atoms with Crippen LogP contribution in [0.2, 0.25) is 0 Å². The van der Waals surface area contributed by atoms with E-state index in [1.165, 1.54) is 19.1 Å². The topological polar surface area (TPSA) is 111 Å². The number of anilines is 2. The number of carbonyl (C=O) groups is 1. The maximum absolute atomic E-state index is 15.2. The molecule has 3 aliphatic rings. The summed E-state index contributed by atoms with van der Waals surface area (Å²) in [6.45, 7) is 6.35. The molecule has 1 aliphatic heterocycles. The van der Waals surface area contributed by atoms with Crippen molar-refractivity contribution in [3.8, 4) is 22.9 Å². The predicted octanol–water partition coefficient (Wildman–Crippen LogP) is 4.66. The molecule has 1 amide bonds. The van der Waals surface area contributed by atoms with Crippen molar-refractivity contribution in [3.05, 3.63) is 47.8 Å². The Morgan fingerprint density at radius 2 is 2.08 bits per heavy atom. The van der Waals surface area contributed by atoms with Crippen molar-refractivity contribution < 1.29 is 13.7 Å². The summed E-state index contributed by atoms with van der Waals surface area (Å²) in [4.78, 5) is 22.2. The van der Waals surface area contributed by atoms with E-state index in [2.05, 4.69) is 20.8 Å². The summed E-state index contributed by atoms with van der Waals surface area (Å²) in [5.41, 5.74) is 0.881. The first kappa shape index (κ1) is 22.6. The largest absolute Gasteiger partial charge is 0.369 e. The van der Waals surface area contributed by atoms with Crippen molar-refractivity contribution in [1.29, 1.82) is 0 Å². The number of aromatic nitrogens is 5. The standard InChI is InChI=1S/C26H28FN7O2/c1-25(2)20-22(28-13-15-7-8-15)29-21(30-23(20)31-24(25)35)18-12-19(17-9-11-36-33-17)34(32-18)14-16-6-4-5-10-26(16,3)27/h4-6,9,11-12,15H,7-8,10,13-14H2,1-3H3,(H2,28,29,30,31,35). The summed E-state index contributed by atoms with van der Waals surface area (Å²) in [7, 11) is 0. The average molecular weight is 490 g/mol. The minimum Gasteiger partial charge on any atom is -0.369 e. The molecule has 1 saturated carbocycles. The summed E-state index contributed by atoms with van der Waals surface area (Å²) in [6.07, 6.45) is 9.66. The van der Waals surface area contributed by atoms with Crippen molar-refractivity contribution in [2.24, 2.45) is 5.92 Å². The highest BCUT2D eigenvalue weighted by Crippen LogP contribution is 2.42. The Hall–Kier alpha value is -3.82. The third-order valence-corrected chi connectivity index (χ3v) is 7.22. The number of carbonyl (C=O) groups excluding carboxylic acids is 1. The average Bonchev–Trinajstić information content (AvgIpc) is 3.22. The van der Waals surface area contributed by atoms with Gasteiger partial charge in [-0.25, -0.2) is 14.4 Å². The van der Waals surface area contributed by atoms with Crippen LogP contribution in [0.5, 0.6) is 0 Å². The Morgan fingerprint density at radius 1 is 1.25 bits per heavy atom. The molecule has 9 nitrogen and oxygen atoms in total. The summed E-state index contributed by atoms with van der Waals surface area (Å²) in [5.74, 6) is 2.00. The van der Waals surface area contributed by atoms with Gasteiger partial charge in [0, 0.05) is 19.0 Å². The molecule has 1 atom stereocenters. The van der Waals surface area contributed by atoms with Crippen LogP contribution in [-0.4, -0.2) is 43.0 Å². The molecule has 10 heteroatoms. The van der Waals surface area contributed by atoms with Crippen LogP contribution < -0.4 is 10.6 Å². The van der Waals surface area contributed by atoms with Crippen LogP contribution in [0, 0.1) is 5.92 Å². The number of allylic oxidation sites excluding steroid dienone is 4. The van der Waals surface area contributed by atoms with E-state index in [0.717, 1.165) is 12.1 Å². The molecule has 2 aliphatic carbocycles. The quantitative estimate of drug-likeness (QED) is 0.496. The van der Waals surface area contributed by atoms with E-state index in [4.69, 9.17) is 14.6 Å². The van der Waals surface area contributed by atoms with Gasteiger partial charge in [0.15, 0.2) is 5.82 Å². The van der Waals surface area contributed by atoms with Gasteiger partial charge in [-0.05, 0) is 51.2 Å². The van der Waals surface area contributed by atoms with Gasteiger partial charge in [0.25, 0.3) is 0 Å². The zero-order chi connectivity index (χ0) is 25.1. The first-order valence-electron chi connectivity index (χ1n) is 12.2. The molecule has 2 N–H and O–H groups in total. The van der Waals surface area contributed by atoms with E-state index in [-0.39, 0.29) is 12.5 Å². The van der Waals surface area contributed by atoms with Gasteiger partial charge >= 0.3 is 0 Å². The fourth-order valence-electron chi connectivity index (χ4n) is 4.68. The number of rotatable bonds is 7. The van der Waals surface area contributed by atoms with Crippen molar-refractivity contribution in [2.45, 2.75) is 57.7 Å². The maximum Gasteiger partial charge on any atom is 0.235 e. The SMILES string of the molecule is CC1(F)CC=CC=C1Cn1nc(-c2nc(NCC3CC3)c3c(n2)NC(=O)C3(C)C)cc1-c1ccon1. The first-order chi connectivity index (χ1) is 17.2. The molecule has 0 bridgehead atoms. The normalized spacial score (nSPS) is 22.3. The summed E-state index contributed by atoms with van der Waals surface area (Å²) in [5, 5.41) is 15.2. The minimum absolute atomic E-state index is 0.119. The number of hydrogen-bond acceptors (Lipinski definition) is 7. The predicted molar refractivity (Wildman–Crippen MR) is 133 cm³/mol. The lowest BCUT2D eigenvalue weighted by atomic mass is 9.87. The molecule has 4 heterocycles. The number of halogens is 1. The number of alkyl halides is 1. The molecule has 0 saturated heterocycles. The van der Waals surface area contributed by atoms with Crippen LogP contribution in [0.3, 0.4) is 0 Å². The first-order valence-corrected chi connectivity index (χ1v) is 12.2. The van der Waals surface area contributed by atoms with Gasteiger partial charge in [0.05, 0.1) is 23.2 Å². The Balaban J connectivity index is 1.43. The molecular formula is C26H28FN7O2. The molecule has 1 unspecified atom stereocenters. The van der Waals surface area contributed by atoms with Crippen molar-refractivity contribution in [2.75, 3.05) is 17.2 Å². The minimum atomic E-state index is -1.47. The molecule has 0 radical (unpaired) electrons. The summed E-state index contributed by atoms with van der Waals surface area (Å²) in [6, 6.07) is 3.55. The second-order valence-electron chi connectivity index (χ2n) is 10.5. The van der Waals surface area contributed by atoms with E-state index in [0.29, 0.717) is 52.5 Å². The van der Waals surface area contributed by atoms with Crippen LogP contribution in [0.15, 0.2) is 46.7 Å². The van der Waals surface area contributed by atoms with Gasteiger partial charge in [-0.15, -0.1) is 0 Å². The van der Waals surface area contributed by atoms with E-state index < -0.39 is 11.1 Å². The monoisotopic (exact) mass is 489 g/mol.